The van der Waals surface area contributed by atoms with Gasteiger partial charge >= 0.3 is 5.63 Å². The SMILES string of the molecule is CCCCCCCCCCCCNc1nc2sc(C)cc2c(=O)o1. The summed E-state index contributed by atoms with van der Waals surface area (Å²) >= 11 is 1.53. The van der Waals surface area contributed by atoms with Crippen molar-refractivity contribution in [3.05, 3.63) is 21.4 Å². The van der Waals surface area contributed by atoms with Crippen LogP contribution in [-0.4, -0.2) is 11.5 Å². The maximum absolute atomic E-state index is 11.9. The second-order valence-electron chi connectivity index (χ2n) is 6.49. The molecule has 24 heavy (non-hydrogen) atoms. The number of nitrogens with one attached hydrogen (secondary N) is 1. The van der Waals surface area contributed by atoms with Gasteiger partial charge < -0.3 is 9.73 Å². The van der Waals surface area contributed by atoms with E-state index in [0.29, 0.717) is 11.4 Å². The van der Waals surface area contributed by atoms with Crippen molar-refractivity contribution < 1.29 is 4.42 Å². The largest absolute Gasteiger partial charge is 0.389 e. The van der Waals surface area contributed by atoms with Crippen LogP contribution in [0.4, 0.5) is 6.01 Å². The molecule has 0 radical (unpaired) electrons. The van der Waals surface area contributed by atoms with E-state index in [1.807, 2.05) is 13.0 Å². The van der Waals surface area contributed by atoms with Crippen LogP contribution in [0, 0.1) is 6.92 Å². The predicted octanol–water partition coefficient (Wildman–Crippen LogP) is 5.89. The first-order valence-corrected chi connectivity index (χ1v) is 10.2. The number of unbranched alkanes of at least 4 members (excludes halogenated alkanes) is 9. The van der Waals surface area contributed by atoms with Crippen molar-refractivity contribution in [3.8, 4) is 0 Å². The molecule has 2 aromatic rings. The lowest BCUT2D eigenvalue weighted by Gasteiger charge is -2.04. The van der Waals surface area contributed by atoms with Gasteiger partial charge in [0.2, 0.25) is 0 Å². The van der Waals surface area contributed by atoms with Gasteiger partial charge in [-0.25, -0.2) is 4.79 Å². The van der Waals surface area contributed by atoms with Crippen LogP contribution in [0.2, 0.25) is 0 Å². The van der Waals surface area contributed by atoms with Crippen LogP contribution in [0.3, 0.4) is 0 Å². The summed E-state index contributed by atoms with van der Waals surface area (Å²) in [6.45, 7) is 5.04. The van der Waals surface area contributed by atoms with Crippen molar-refractivity contribution in [1.82, 2.24) is 4.98 Å². The molecule has 0 saturated carbocycles. The molecule has 0 spiro atoms. The zero-order chi connectivity index (χ0) is 17.2. The van der Waals surface area contributed by atoms with Crippen LogP contribution < -0.4 is 10.9 Å². The van der Waals surface area contributed by atoms with Gasteiger partial charge in [-0.2, -0.15) is 4.98 Å². The molecule has 2 aromatic heterocycles. The quantitative estimate of drug-likeness (QED) is 0.485. The molecule has 5 heteroatoms. The van der Waals surface area contributed by atoms with Gasteiger partial charge in [-0.05, 0) is 19.4 Å². The number of thiophene rings is 1. The molecule has 1 N–H and O–H groups in total. The maximum Gasteiger partial charge on any atom is 0.349 e. The summed E-state index contributed by atoms with van der Waals surface area (Å²) < 4.78 is 5.22. The topological polar surface area (TPSA) is 55.1 Å². The van der Waals surface area contributed by atoms with Crippen molar-refractivity contribution in [2.75, 3.05) is 11.9 Å². The number of nitrogens with zero attached hydrogens (tertiary/aromatic N) is 1. The van der Waals surface area contributed by atoms with Crippen molar-refractivity contribution in [2.24, 2.45) is 0 Å². The van der Waals surface area contributed by atoms with E-state index in [-0.39, 0.29) is 5.63 Å². The van der Waals surface area contributed by atoms with Crippen LogP contribution in [0.15, 0.2) is 15.3 Å². The number of fused-ring (bicyclic) bond motifs is 1. The lowest BCUT2D eigenvalue weighted by Crippen LogP contribution is -2.08. The average Bonchev–Trinajstić information content (AvgIpc) is 2.93. The summed E-state index contributed by atoms with van der Waals surface area (Å²) in [5, 5.41) is 3.73. The molecule has 0 amide bonds. The monoisotopic (exact) mass is 350 g/mol. The molecule has 4 nitrogen and oxygen atoms in total. The van der Waals surface area contributed by atoms with Gasteiger partial charge in [-0.15, -0.1) is 11.3 Å². The van der Waals surface area contributed by atoms with Gasteiger partial charge in [-0.1, -0.05) is 64.7 Å². The van der Waals surface area contributed by atoms with E-state index in [9.17, 15) is 4.79 Å². The third-order valence-electron chi connectivity index (χ3n) is 4.25. The number of anilines is 1. The van der Waals surface area contributed by atoms with Gasteiger partial charge in [0.05, 0.1) is 5.39 Å². The smallest absolute Gasteiger partial charge is 0.349 e. The summed E-state index contributed by atoms with van der Waals surface area (Å²) in [7, 11) is 0. The first-order valence-electron chi connectivity index (χ1n) is 9.36. The normalized spacial score (nSPS) is 11.2. The maximum atomic E-state index is 11.9. The van der Waals surface area contributed by atoms with Crippen LogP contribution in [0.5, 0.6) is 0 Å². The fraction of sp³-hybridized carbons (Fsp3) is 0.684. The zero-order valence-corrected chi connectivity index (χ0v) is 15.8. The lowest BCUT2D eigenvalue weighted by molar-refractivity contribution is 0.513. The number of aryl methyl sites for hydroxylation is 1. The van der Waals surface area contributed by atoms with Gasteiger partial charge in [0.15, 0.2) is 0 Å². The highest BCUT2D eigenvalue weighted by atomic mass is 32.1. The Labute approximate surface area is 148 Å². The van der Waals surface area contributed by atoms with Gasteiger partial charge in [-0.3, -0.25) is 0 Å². The van der Waals surface area contributed by atoms with E-state index in [0.717, 1.165) is 22.7 Å². The van der Waals surface area contributed by atoms with Crippen LogP contribution >= 0.6 is 11.3 Å². The Kier molecular flexibility index (Phi) is 8.29. The molecule has 0 aromatic carbocycles. The molecule has 0 unspecified atom stereocenters. The minimum Gasteiger partial charge on any atom is -0.389 e. The number of hydrogen-bond acceptors (Lipinski definition) is 5. The molecule has 0 bridgehead atoms. The molecule has 0 aliphatic heterocycles. The standard InChI is InChI=1S/C19H30N2O2S/c1-3-4-5-6-7-8-9-10-11-12-13-20-19-21-17-16(18(22)23-19)14-15(2)24-17/h14H,3-13H2,1-2H3,(H,20,21). The van der Waals surface area contributed by atoms with Crippen LogP contribution in [-0.2, 0) is 0 Å². The highest BCUT2D eigenvalue weighted by molar-refractivity contribution is 7.18. The highest BCUT2D eigenvalue weighted by Gasteiger charge is 2.08. The second-order valence-corrected chi connectivity index (χ2v) is 7.73. The molecule has 0 aliphatic rings. The third-order valence-corrected chi connectivity index (χ3v) is 5.20. The van der Waals surface area contributed by atoms with Crippen molar-refractivity contribution in [3.63, 3.8) is 0 Å². The second kappa shape index (κ2) is 10.5. The van der Waals surface area contributed by atoms with Crippen molar-refractivity contribution in [1.29, 1.82) is 0 Å². The number of rotatable bonds is 12. The van der Waals surface area contributed by atoms with E-state index in [2.05, 4.69) is 17.2 Å². The van der Waals surface area contributed by atoms with Gasteiger partial charge in [0.1, 0.15) is 4.83 Å². The fourth-order valence-corrected chi connectivity index (χ4v) is 3.73. The summed E-state index contributed by atoms with van der Waals surface area (Å²) in [4.78, 5) is 18.1. The van der Waals surface area contributed by atoms with E-state index in [4.69, 9.17) is 4.42 Å². The number of hydrogen-bond donors (Lipinski definition) is 1. The Balaban J connectivity index is 1.57. The Morgan fingerprint density at radius 2 is 1.67 bits per heavy atom. The Hall–Kier alpha value is -1.36. The van der Waals surface area contributed by atoms with Gasteiger partial charge in [0, 0.05) is 11.4 Å². The van der Waals surface area contributed by atoms with E-state index >= 15 is 0 Å². The fourth-order valence-electron chi connectivity index (χ4n) is 2.87. The van der Waals surface area contributed by atoms with E-state index in [1.165, 1.54) is 69.1 Å². The summed E-state index contributed by atoms with van der Waals surface area (Å²) in [5.41, 5.74) is -0.296. The predicted molar refractivity (Wildman–Crippen MR) is 103 cm³/mol. The van der Waals surface area contributed by atoms with Crippen molar-refractivity contribution in [2.45, 2.75) is 78.1 Å². The van der Waals surface area contributed by atoms with Crippen LogP contribution in [0.1, 0.15) is 76.0 Å². The lowest BCUT2D eigenvalue weighted by atomic mass is 10.1. The molecular formula is C19H30N2O2S. The Bertz CT molecular complexity index is 663. The molecule has 0 atom stereocenters. The Morgan fingerprint density at radius 3 is 2.33 bits per heavy atom. The van der Waals surface area contributed by atoms with E-state index < -0.39 is 0 Å². The first kappa shape index (κ1) is 19.0. The minimum atomic E-state index is -0.296. The molecule has 2 rings (SSSR count). The third kappa shape index (κ3) is 6.27. The summed E-state index contributed by atoms with van der Waals surface area (Å²) in [5.74, 6) is 0. The highest BCUT2D eigenvalue weighted by Crippen LogP contribution is 2.21. The average molecular weight is 351 g/mol. The minimum absolute atomic E-state index is 0.296. The van der Waals surface area contributed by atoms with Gasteiger partial charge in [0.25, 0.3) is 6.01 Å². The first-order chi connectivity index (χ1) is 11.7. The summed E-state index contributed by atoms with van der Waals surface area (Å²) in [6.07, 6.45) is 13.2. The van der Waals surface area contributed by atoms with Crippen molar-refractivity contribution >= 4 is 27.6 Å². The molecule has 134 valence electrons. The zero-order valence-electron chi connectivity index (χ0n) is 15.0. The molecule has 2 heterocycles. The van der Waals surface area contributed by atoms with Crippen LogP contribution in [0.25, 0.3) is 10.2 Å². The number of aromatic nitrogens is 1. The Morgan fingerprint density at radius 1 is 1.04 bits per heavy atom. The molecule has 0 fully saturated rings. The summed E-state index contributed by atoms with van der Waals surface area (Å²) in [6, 6.07) is 2.19. The van der Waals surface area contributed by atoms with E-state index in [1.54, 1.807) is 0 Å². The molecule has 0 saturated heterocycles. The molecular weight excluding hydrogens is 320 g/mol. The molecule has 0 aliphatic carbocycles.